The summed E-state index contributed by atoms with van der Waals surface area (Å²) in [6, 6.07) is 34.7. The van der Waals surface area contributed by atoms with Crippen LogP contribution in [0.2, 0.25) is 0 Å². The molecule has 0 aliphatic carbocycles. The maximum Gasteiger partial charge on any atom is 0.338 e. The average molecular weight is 653 g/mol. The molecule has 0 aliphatic heterocycles. The monoisotopic (exact) mass is 652 g/mol. The van der Waals surface area contributed by atoms with Gasteiger partial charge in [-0.2, -0.15) is 0 Å². The van der Waals surface area contributed by atoms with Crippen molar-refractivity contribution in [3.8, 4) is 0 Å². The molecule has 9 heteroatoms. The number of amides is 2. The zero-order valence-electron chi connectivity index (χ0n) is 27.5. The summed E-state index contributed by atoms with van der Waals surface area (Å²) in [6.07, 6.45) is 0.329. The molecule has 47 heavy (non-hydrogen) atoms. The molecule has 0 saturated heterocycles. The number of hydrazine groups is 1. The van der Waals surface area contributed by atoms with Crippen LogP contribution >= 0.6 is 6.89 Å². The second-order valence-electron chi connectivity index (χ2n) is 12.8. The molecule has 4 aromatic carbocycles. The number of hydrogen-bond donors (Lipinski definition) is 1. The van der Waals surface area contributed by atoms with E-state index < -0.39 is 42.0 Å². The van der Waals surface area contributed by atoms with E-state index in [1.807, 2.05) is 91.0 Å². The van der Waals surface area contributed by atoms with Crippen LogP contribution in [0.3, 0.4) is 0 Å². The second-order valence-corrected chi connectivity index (χ2v) is 16.2. The van der Waals surface area contributed by atoms with Gasteiger partial charge in [-0.3, -0.25) is 15.0 Å². The minimum Gasteiger partial charge on any atom is -0.458 e. The van der Waals surface area contributed by atoms with Gasteiger partial charge in [-0.1, -0.05) is 109 Å². The second kappa shape index (κ2) is 14.7. The Hall–Kier alpha value is -4.94. The molecule has 0 radical (unpaired) electrons. The molecule has 0 saturated carbocycles. The number of esters is 2. The quantitative estimate of drug-likeness (QED) is 0.112. The van der Waals surface area contributed by atoms with E-state index in [-0.39, 0.29) is 10.9 Å². The molecule has 1 N–H and O–H groups in total. The molecule has 0 aromatic heterocycles. The minimum atomic E-state index is -3.37. The van der Waals surface area contributed by atoms with Gasteiger partial charge in [-0.25, -0.2) is 14.6 Å². The Labute approximate surface area is 276 Å². The van der Waals surface area contributed by atoms with Gasteiger partial charge in [0, 0.05) is 5.56 Å². The first kappa shape index (κ1) is 34.9. The normalized spacial score (nSPS) is 12.3. The summed E-state index contributed by atoms with van der Waals surface area (Å²) in [4.78, 5) is 56.1. The summed E-state index contributed by atoms with van der Waals surface area (Å²) in [7, 11) is 0. The van der Waals surface area contributed by atoms with E-state index in [4.69, 9.17) is 9.47 Å². The Morgan fingerprint density at radius 2 is 1.02 bits per heavy atom. The summed E-state index contributed by atoms with van der Waals surface area (Å²) < 4.78 is 12.0. The van der Waals surface area contributed by atoms with E-state index >= 15 is 0 Å². The molecular formula is C38H41N2O6P. The van der Waals surface area contributed by atoms with E-state index in [0.717, 1.165) is 20.9 Å². The van der Waals surface area contributed by atoms with Crippen molar-refractivity contribution in [3.05, 3.63) is 127 Å². The summed E-state index contributed by atoms with van der Waals surface area (Å²) in [5.74, 6) is -2.37. The highest BCUT2D eigenvalue weighted by Gasteiger charge is 2.46. The number of nitrogens with one attached hydrogen (secondary N) is 1. The number of ether oxygens (including phenoxy) is 2. The maximum atomic E-state index is 14.9. The highest BCUT2D eigenvalue weighted by atomic mass is 31.2. The van der Waals surface area contributed by atoms with Gasteiger partial charge < -0.3 is 9.47 Å². The fourth-order valence-corrected chi connectivity index (χ4v) is 9.72. The predicted octanol–water partition coefficient (Wildman–Crippen LogP) is 5.01. The average Bonchev–Trinajstić information content (AvgIpc) is 3.04. The molecular weight excluding hydrogens is 611 g/mol. The van der Waals surface area contributed by atoms with Crippen molar-refractivity contribution >= 4 is 52.3 Å². The SMILES string of the molecule is CC(C)(C)OC(=O)C(C(C(=O)OC(C)(C)C)N(C=O)NC(=O)c1ccccc1)=P(c1ccccc1)(c1ccccc1)c1ccccc1. The zero-order chi connectivity index (χ0) is 34.2. The lowest BCUT2D eigenvalue weighted by Gasteiger charge is -2.38. The number of carbonyl (C=O) groups excluding carboxylic acids is 4. The van der Waals surface area contributed by atoms with Crippen molar-refractivity contribution in [1.82, 2.24) is 10.4 Å². The van der Waals surface area contributed by atoms with Crippen LogP contribution in [0.5, 0.6) is 0 Å². The van der Waals surface area contributed by atoms with Crippen LogP contribution in [0.1, 0.15) is 51.9 Å². The molecule has 1 unspecified atom stereocenters. The van der Waals surface area contributed by atoms with Crippen molar-refractivity contribution in [2.24, 2.45) is 0 Å². The topological polar surface area (TPSA) is 102 Å². The van der Waals surface area contributed by atoms with Gasteiger partial charge in [0.05, 0.1) is 5.29 Å². The summed E-state index contributed by atoms with van der Waals surface area (Å²) in [5, 5.41) is 2.98. The Balaban J connectivity index is 2.24. The Kier molecular flexibility index (Phi) is 10.9. The van der Waals surface area contributed by atoms with Crippen LogP contribution in [-0.4, -0.2) is 51.8 Å². The lowest BCUT2D eigenvalue weighted by Crippen LogP contribution is -2.59. The van der Waals surface area contributed by atoms with Crippen LogP contribution in [0.25, 0.3) is 0 Å². The maximum absolute atomic E-state index is 14.9. The van der Waals surface area contributed by atoms with Crippen LogP contribution in [0, 0.1) is 0 Å². The lowest BCUT2D eigenvalue weighted by molar-refractivity contribution is -0.162. The first-order chi connectivity index (χ1) is 22.3. The zero-order valence-corrected chi connectivity index (χ0v) is 28.4. The number of hydrogen-bond acceptors (Lipinski definition) is 6. The van der Waals surface area contributed by atoms with Crippen LogP contribution in [0.15, 0.2) is 121 Å². The molecule has 4 rings (SSSR count). The van der Waals surface area contributed by atoms with Crippen LogP contribution in [0.4, 0.5) is 0 Å². The molecule has 1 atom stereocenters. The van der Waals surface area contributed by atoms with Crippen molar-refractivity contribution in [3.63, 3.8) is 0 Å². The molecule has 0 fully saturated rings. The van der Waals surface area contributed by atoms with Gasteiger partial charge in [0.2, 0.25) is 6.41 Å². The number of rotatable bonds is 10. The summed E-state index contributed by atoms with van der Waals surface area (Å²) in [5.41, 5.74) is 0.835. The third kappa shape index (κ3) is 8.27. The fourth-order valence-electron chi connectivity index (χ4n) is 5.22. The molecule has 0 spiro atoms. The van der Waals surface area contributed by atoms with E-state index in [1.165, 1.54) is 0 Å². The van der Waals surface area contributed by atoms with Gasteiger partial charge in [-0.05, 0) is 76.5 Å². The number of carbonyl (C=O) groups is 4. The molecule has 0 bridgehead atoms. The predicted molar refractivity (Wildman–Crippen MR) is 187 cm³/mol. The summed E-state index contributed by atoms with van der Waals surface area (Å²) in [6.45, 7) is 6.89. The molecule has 0 heterocycles. The molecule has 244 valence electrons. The third-order valence-electron chi connectivity index (χ3n) is 6.95. The molecule has 0 aliphatic rings. The minimum absolute atomic E-state index is 0.0364. The van der Waals surface area contributed by atoms with Crippen molar-refractivity contribution < 1.29 is 28.7 Å². The standard InChI is InChI=1S/C38H41N2O6P/c1-37(2,3)45-35(43)32(40(27-41)39-34(42)28-19-11-7-12-20-28)33(36(44)46-38(4,5)6)47(29-21-13-8-14-22-29,30-23-15-9-16-24-30)31-25-17-10-18-26-31/h7-27,32H,1-6H3,(H,39,42). The lowest BCUT2D eigenvalue weighted by atomic mass is 10.1. The van der Waals surface area contributed by atoms with E-state index in [9.17, 15) is 19.2 Å². The van der Waals surface area contributed by atoms with Gasteiger partial charge in [0.15, 0.2) is 6.04 Å². The van der Waals surface area contributed by atoms with Crippen LogP contribution < -0.4 is 21.3 Å². The first-order valence-corrected chi connectivity index (χ1v) is 17.1. The van der Waals surface area contributed by atoms with Crippen LogP contribution in [-0.2, 0) is 23.9 Å². The smallest absolute Gasteiger partial charge is 0.338 e. The summed E-state index contributed by atoms with van der Waals surface area (Å²) >= 11 is 0. The van der Waals surface area contributed by atoms with Gasteiger partial charge in [0.1, 0.15) is 11.2 Å². The van der Waals surface area contributed by atoms with Crippen molar-refractivity contribution in [1.29, 1.82) is 0 Å². The van der Waals surface area contributed by atoms with E-state index in [0.29, 0.717) is 6.41 Å². The Bertz CT molecular complexity index is 1640. The molecule has 8 nitrogen and oxygen atoms in total. The largest absolute Gasteiger partial charge is 0.458 e. The van der Waals surface area contributed by atoms with Crippen molar-refractivity contribution in [2.45, 2.75) is 58.8 Å². The fraction of sp³-hybridized carbons (Fsp3) is 0.237. The molecule has 2 amide bonds. The number of nitrogens with zero attached hydrogens (tertiary/aromatic N) is 1. The third-order valence-corrected chi connectivity index (χ3v) is 11.3. The first-order valence-electron chi connectivity index (χ1n) is 15.3. The Morgan fingerprint density at radius 3 is 1.38 bits per heavy atom. The number of benzene rings is 4. The highest BCUT2D eigenvalue weighted by Crippen LogP contribution is 2.48. The highest BCUT2D eigenvalue weighted by molar-refractivity contribution is 7.96. The Morgan fingerprint density at radius 1 is 0.638 bits per heavy atom. The van der Waals surface area contributed by atoms with E-state index in [1.54, 1.807) is 71.9 Å². The molecule has 4 aromatic rings. The van der Waals surface area contributed by atoms with Gasteiger partial charge >= 0.3 is 11.9 Å². The van der Waals surface area contributed by atoms with E-state index in [2.05, 4.69) is 5.43 Å². The van der Waals surface area contributed by atoms with Gasteiger partial charge in [-0.15, -0.1) is 0 Å². The van der Waals surface area contributed by atoms with Gasteiger partial charge in [0.25, 0.3) is 5.91 Å². The van der Waals surface area contributed by atoms with Crippen molar-refractivity contribution in [2.75, 3.05) is 0 Å².